The molecule has 6 nitrogen and oxygen atoms in total. The summed E-state index contributed by atoms with van der Waals surface area (Å²) in [6.45, 7) is 7.48. The number of amides is 2. The van der Waals surface area contributed by atoms with Gasteiger partial charge in [-0.25, -0.2) is 4.79 Å². The van der Waals surface area contributed by atoms with Gasteiger partial charge < -0.3 is 19.3 Å². The third-order valence-electron chi connectivity index (χ3n) is 5.91. The van der Waals surface area contributed by atoms with E-state index in [4.69, 9.17) is 9.47 Å². The van der Waals surface area contributed by atoms with Crippen molar-refractivity contribution < 1.29 is 14.3 Å². The van der Waals surface area contributed by atoms with Crippen LogP contribution in [0.25, 0.3) is 0 Å². The number of nitrogens with zero attached hydrogens (tertiary/aromatic N) is 3. The number of carbonyl (C=O) groups is 1. The Morgan fingerprint density at radius 2 is 2.12 bits per heavy atom. The van der Waals surface area contributed by atoms with Crippen LogP contribution in [0.1, 0.15) is 30.7 Å². The summed E-state index contributed by atoms with van der Waals surface area (Å²) < 4.78 is 11.8. The maximum Gasteiger partial charge on any atom is 0.320 e. The van der Waals surface area contributed by atoms with Gasteiger partial charge in [0.25, 0.3) is 0 Å². The number of urea groups is 1. The summed E-state index contributed by atoms with van der Waals surface area (Å²) in [5.74, 6) is 0.948. The number of rotatable bonds is 5. The Kier molecular flexibility index (Phi) is 5.41. The molecule has 6 heteroatoms. The Morgan fingerprint density at radius 1 is 1.27 bits per heavy atom. The zero-order valence-corrected chi connectivity index (χ0v) is 15.6. The number of ether oxygens (including phenoxy) is 2. The van der Waals surface area contributed by atoms with Crippen LogP contribution in [-0.4, -0.2) is 66.3 Å². The molecule has 3 fully saturated rings. The lowest BCUT2D eigenvalue weighted by Gasteiger charge is -2.25. The maximum absolute atomic E-state index is 12.6. The maximum atomic E-state index is 12.6. The van der Waals surface area contributed by atoms with Crippen molar-refractivity contribution in [3.05, 3.63) is 29.6 Å². The molecule has 0 radical (unpaired) electrons. The van der Waals surface area contributed by atoms with Crippen molar-refractivity contribution in [3.63, 3.8) is 0 Å². The van der Waals surface area contributed by atoms with Crippen molar-refractivity contribution in [2.45, 2.75) is 38.9 Å². The highest BCUT2D eigenvalue weighted by Crippen LogP contribution is 2.36. The van der Waals surface area contributed by atoms with E-state index in [0.717, 1.165) is 63.4 Å². The Balaban J connectivity index is 1.22. The second-order valence-electron chi connectivity index (χ2n) is 7.79. The van der Waals surface area contributed by atoms with E-state index in [1.54, 1.807) is 0 Å². The van der Waals surface area contributed by atoms with Gasteiger partial charge in [0.2, 0.25) is 0 Å². The molecule has 4 rings (SSSR count). The summed E-state index contributed by atoms with van der Waals surface area (Å²) in [4.78, 5) is 21.1. The molecule has 26 heavy (non-hydrogen) atoms. The van der Waals surface area contributed by atoms with E-state index in [-0.39, 0.29) is 12.1 Å². The smallest absolute Gasteiger partial charge is 0.320 e. The Morgan fingerprint density at radius 3 is 2.92 bits per heavy atom. The molecule has 4 heterocycles. The number of carbonyl (C=O) groups excluding carboxylic acids is 1. The Hall–Kier alpha value is -1.66. The van der Waals surface area contributed by atoms with E-state index in [2.05, 4.69) is 4.98 Å². The zero-order chi connectivity index (χ0) is 17.9. The molecule has 3 saturated heterocycles. The van der Waals surface area contributed by atoms with Crippen molar-refractivity contribution >= 4 is 6.03 Å². The Labute approximate surface area is 155 Å². The van der Waals surface area contributed by atoms with Crippen molar-refractivity contribution in [1.82, 2.24) is 14.8 Å². The number of hydrogen-bond acceptors (Lipinski definition) is 4. The molecule has 142 valence electrons. The fraction of sp³-hybridized carbons (Fsp3) is 0.700. The topological polar surface area (TPSA) is 54.9 Å². The third kappa shape index (κ3) is 3.86. The number of fused-ring (bicyclic) bond motifs is 1. The van der Waals surface area contributed by atoms with Gasteiger partial charge in [0, 0.05) is 44.4 Å². The summed E-state index contributed by atoms with van der Waals surface area (Å²) in [6, 6.07) is 6.22. The summed E-state index contributed by atoms with van der Waals surface area (Å²) >= 11 is 0. The van der Waals surface area contributed by atoms with Crippen LogP contribution < -0.4 is 0 Å². The van der Waals surface area contributed by atoms with Gasteiger partial charge in [-0.2, -0.15) is 0 Å². The molecule has 0 bridgehead atoms. The number of hydrogen-bond donors (Lipinski definition) is 0. The standard InChI is InChI=1S/C20H29N3O3/c1-15-5-4-6-17(21-15)14-25-10-7-16-13-26-19-12-23(11-18(16)19)20(24)22-8-2-3-9-22/h4-6,16,18-19H,2-3,7-14H2,1H3/t16-,18-,19-/m1/s1. The minimum atomic E-state index is 0.209. The van der Waals surface area contributed by atoms with Gasteiger partial charge in [0.05, 0.1) is 25.0 Å². The van der Waals surface area contributed by atoms with Crippen molar-refractivity contribution in [2.24, 2.45) is 11.8 Å². The third-order valence-corrected chi connectivity index (χ3v) is 5.91. The fourth-order valence-electron chi connectivity index (χ4n) is 4.45. The first-order chi connectivity index (χ1) is 12.7. The molecule has 0 saturated carbocycles. The molecular formula is C20H29N3O3. The quantitative estimate of drug-likeness (QED) is 0.758. The van der Waals surface area contributed by atoms with Gasteiger partial charge in [-0.1, -0.05) is 6.07 Å². The number of aromatic nitrogens is 1. The minimum absolute atomic E-state index is 0.209. The lowest BCUT2D eigenvalue weighted by molar-refractivity contribution is 0.0821. The first-order valence-corrected chi connectivity index (χ1v) is 9.86. The van der Waals surface area contributed by atoms with Crippen LogP contribution in [0.2, 0.25) is 0 Å². The zero-order valence-electron chi connectivity index (χ0n) is 15.6. The van der Waals surface area contributed by atoms with Gasteiger partial charge >= 0.3 is 6.03 Å². The molecule has 3 aliphatic rings. The van der Waals surface area contributed by atoms with Gasteiger partial charge in [0.15, 0.2) is 0 Å². The second-order valence-corrected chi connectivity index (χ2v) is 7.79. The largest absolute Gasteiger partial charge is 0.376 e. The minimum Gasteiger partial charge on any atom is -0.376 e. The van der Waals surface area contributed by atoms with E-state index in [0.29, 0.717) is 25.0 Å². The molecule has 1 aromatic heterocycles. The van der Waals surface area contributed by atoms with Gasteiger partial charge in [-0.3, -0.25) is 4.98 Å². The molecule has 0 aliphatic carbocycles. The highest BCUT2D eigenvalue weighted by molar-refractivity contribution is 5.75. The number of aryl methyl sites for hydroxylation is 1. The van der Waals surface area contributed by atoms with Gasteiger partial charge in [-0.15, -0.1) is 0 Å². The fourth-order valence-corrected chi connectivity index (χ4v) is 4.45. The monoisotopic (exact) mass is 359 g/mol. The predicted molar refractivity (Wildman–Crippen MR) is 97.7 cm³/mol. The van der Waals surface area contributed by atoms with Crippen molar-refractivity contribution in [1.29, 1.82) is 0 Å². The molecule has 0 aromatic carbocycles. The van der Waals surface area contributed by atoms with Crippen molar-refractivity contribution in [3.8, 4) is 0 Å². The van der Waals surface area contributed by atoms with Crippen LogP contribution in [0.3, 0.4) is 0 Å². The van der Waals surface area contributed by atoms with E-state index < -0.39 is 0 Å². The molecule has 3 aliphatic heterocycles. The van der Waals surface area contributed by atoms with E-state index in [1.165, 1.54) is 0 Å². The molecule has 2 amide bonds. The molecule has 0 N–H and O–H groups in total. The van der Waals surface area contributed by atoms with Crippen LogP contribution >= 0.6 is 0 Å². The van der Waals surface area contributed by atoms with E-state index in [1.807, 2.05) is 34.9 Å². The average molecular weight is 359 g/mol. The molecule has 1 aromatic rings. The Bertz CT molecular complexity index is 632. The van der Waals surface area contributed by atoms with E-state index in [9.17, 15) is 4.79 Å². The highest BCUT2D eigenvalue weighted by atomic mass is 16.5. The second kappa shape index (κ2) is 7.92. The normalized spacial score (nSPS) is 28.0. The average Bonchev–Trinajstić information content (AvgIpc) is 3.36. The molecule has 0 unspecified atom stereocenters. The van der Waals surface area contributed by atoms with Crippen LogP contribution in [-0.2, 0) is 16.1 Å². The lowest BCUT2D eigenvalue weighted by atomic mass is 9.91. The van der Waals surface area contributed by atoms with Gasteiger partial charge in [-0.05, 0) is 44.2 Å². The molecule has 3 atom stereocenters. The summed E-state index contributed by atoms with van der Waals surface area (Å²) in [5, 5.41) is 0. The lowest BCUT2D eigenvalue weighted by Crippen LogP contribution is -2.41. The molecule has 0 spiro atoms. The predicted octanol–water partition coefficient (Wildman–Crippen LogP) is 2.46. The first kappa shape index (κ1) is 17.7. The SMILES string of the molecule is Cc1cccc(COCC[C@@H]2CO[C@@H]3CN(C(=O)N4CCCC4)C[C@H]23)n1. The summed E-state index contributed by atoms with van der Waals surface area (Å²) in [6.07, 6.45) is 3.47. The summed E-state index contributed by atoms with van der Waals surface area (Å²) in [7, 11) is 0. The van der Waals surface area contributed by atoms with Gasteiger partial charge in [0.1, 0.15) is 0 Å². The van der Waals surface area contributed by atoms with E-state index >= 15 is 0 Å². The van der Waals surface area contributed by atoms with Crippen molar-refractivity contribution in [2.75, 3.05) is 39.4 Å². The highest BCUT2D eigenvalue weighted by Gasteiger charge is 2.45. The van der Waals surface area contributed by atoms with Crippen LogP contribution in [0.15, 0.2) is 18.2 Å². The number of likely N-dealkylation sites (tertiary alicyclic amines) is 2. The van der Waals surface area contributed by atoms with Crippen LogP contribution in [0, 0.1) is 18.8 Å². The molecular weight excluding hydrogens is 330 g/mol. The first-order valence-electron chi connectivity index (χ1n) is 9.86. The van der Waals surface area contributed by atoms with Crippen LogP contribution in [0.5, 0.6) is 0 Å². The number of pyridine rings is 1. The van der Waals surface area contributed by atoms with Crippen LogP contribution in [0.4, 0.5) is 4.79 Å². The summed E-state index contributed by atoms with van der Waals surface area (Å²) in [5.41, 5.74) is 2.00.